The van der Waals surface area contributed by atoms with Crippen LogP contribution in [0.3, 0.4) is 0 Å². The van der Waals surface area contributed by atoms with Crippen molar-refractivity contribution < 1.29 is 14.6 Å². The lowest BCUT2D eigenvalue weighted by Crippen LogP contribution is -2.24. The molecule has 6 nitrogen and oxygen atoms in total. The average molecular weight is 365 g/mol. The lowest BCUT2D eigenvalue weighted by molar-refractivity contribution is -0.136. The number of carbonyl (C=O) groups excluding carboxylic acids is 1. The van der Waals surface area contributed by atoms with Crippen LogP contribution in [0, 0.1) is 13.8 Å². The van der Waals surface area contributed by atoms with Gasteiger partial charge in [-0.2, -0.15) is 5.10 Å². The Bertz CT molecular complexity index is 892. The van der Waals surface area contributed by atoms with E-state index in [0.717, 1.165) is 22.6 Å². The Morgan fingerprint density at radius 1 is 1.11 bits per heavy atom. The molecule has 0 saturated carbocycles. The quantitative estimate of drug-likeness (QED) is 0.631. The molecule has 0 radical (unpaired) electrons. The van der Waals surface area contributed by atoms with Crippen molar-refractivity contribution in [3.8, 4) is 5.69 Å². The van der Waals surface area contributed by atoms with Crippen LogP contribution in [0.25, 0.3) is 5.69 Å². The maximum atomic E-state index is 12.2. The highest BCUT2D eigenvalue weighted by molar-refractivity contribution is 5.92. The molecular formula is C21H23N3O3. The Kier molecular flexibility index (Phi) is 6.01. The van der Waals surface area contributed by atoms with E-state index in [0.29, 0.717) is 12.1 Å². The summed E-state index contributed by atoms with van der Waals surface area (Å²) < 4.78 is 7.06. The third-order valence-electron chi connectivity index (χ3n) is 4.22. The molecule has 0 aliphatic carbocycles. The van der Waals surface area contributed by atoms with Crippen molar-refractivity contribution >= 4 is 11.6 Å². The summed E-state index contributed by atoms with van der Waals surface area (Å²) >= 11 is 0. The van der Waals surface area contributed by atoms with Crippen LogP contribution in [-0.2, 0) is 16.0 Å². The van der Waals surface area contributed by atoms with Gasteiger partial charge in [-0.3, -0.25) is 4.79 Å². The lowest BCUT2D eigenvalue weighted by Gasteiger charge is -2.12. The van der Waals surface area contributed by atoms with Crippen LogP contribution in [0.1, 0.15) is 17.0 Å². The van der Waals surface area contributed by atoms with Crippen molar-refractivity contribution in [1.82, 2.24) is 9.78 Å². The van der Waals surface area contributed by atoms with Gasteiger partial charge in [0.1, 0.15) is 6.61 Å². The highest BCUT2D eigenvalue weighted by atomic mass is 16.6. The summed E-state index contributed by atoms with van der Waals surface area (Å²) in [6.45, 7) is 3.50. The number of aryl methyl sites for hydroxylation is 1. The molecule has 1 aromatic heterocycles. The molecule has 140 valence electrons. The molecule has 2 aromatic carbocycles. The van der Waals surface area contributed by atoms with Gasteiger partial charge in [-0.1, -0.05) is 48.5 Å². The normalized spacial score (nSPS) is 12.0. The molecule has 6 heteroatoms. The molecule has 0 spiro atoms. The number of aromatic nitrogens is 2. The Hall–Kier alpha value is -2.96. The first kappa shape index (κ1) is 18.8. The van der Waals surface area contributed by atoms with Gasteiger partial charge >= 0.3 is 0 Å². The van der Waals surface area contributed by atoms with Crippen LogP contribution in [-0.4, -0.2) is 33.7 Å². The number of anilines is 1. The zero-order valence-electron chi connectivity index (χ0n) is 15.4. The molecule has 3 aromatic rings. The summed E-state index contributed by atoms with van der Waals surface area (Å²) in [5.74, 6) is -0.332. The second kappa shape index (κ2) is 8.62. The first-order valence-corrected chi connectivity index (χ1v) is 8.79. The first-order valence-electron chi connectivity index (χ1n) is 8.79. The maximum Gasteiger partial charge on any atom is 0.250 e. The minimum atomic E-state index is -1.03. The minimum absolute atomic E-state index is 0.233. The molecule has 0 aliphatic rings. The molecule has 0 fully saturated rings. The monoisotopic (exact) mass is 365 g/mol. The van der Waals surface area contributed by atoms with Crippen LogP contribution in [0.15, 0.2) is 60.7 Å². The first-order chi connectivity index (χ1) is 13.0. The van der Waals surface area contributed by atoms with Gasteiger partial charge in [0.2, 0.25) is 0 Å². The fourth-order valence-electron chi connectivity index (χ4n) is 2.87. The largest absolute Gasteiger partial charge is 0.368 e. The van der Waals surface area contributed by atoms with E-state index in [1.54, 1.807) is 4.68 Å². The second-order valence-electron chi connectivity index (χ2n) is 6.30. The molecule has 3 rings (SSSR count). The average Bonchev–Trinajstić information content (AvgIpc) is 2.96. The minimum Gasteiger partial charge on any atom is -0.368 e. The van der Waals surface area contributed by atoms with Crippen LogP contribution in [0.5, 0.6) is 0 Å². The number of ether oxygens (including phenoxy) is 1. The van der Waals surface area contributed by atoms with E-state index in [2.05, 4.69) is 10.4 Å². The van der Waals surface area contributed by atoms with Gasteiger partial charge in [0, 0.05) is 6.42 Å². The van der Waals surface area contributed by atoms with Gasteiger partial charge in [0.05, 0.1) is 22.8 Å². The zero-order valence-corrected chi connectivity index (χ0v) is 15.4. The highest BCUT2D eigenvalue weighted by Crippen LogP contribution is 2.22. The van der Waals surface area contributed by atoms with Crippen LogP contribution >= 0.6 is 0 Å². The predicted molar refractivity (Wildman–Crippen MR) is 104 cm³/mol. The number of hydrogen-bond acceptors (Lipinski definition) is 4. The number of rotatable bonds is 7. The highest BCUT2D eigenvalue weighted by Gasteiger charge is 2.16. The molecule has 1 amide bonds. The Balaban J connectivity index is 1.59. The Morgan fingerprint density at radius 3 is 2.41 bits per heavy atom. The molecule has 1 heterocycles. The number of nitrogens with zero attached hydrogens (tertiary/aromatic N) is 2. The number of aliphatic hydroxyl groups is 1. The van der Waals surface area contributed by atoms with Gasteiger partial charge in [-0.15, -0.1) is 0 Å². The van der Waals surface area contributed by atoms with Crippen LogP contribution in [0.4, 0.5) is 5.69 Å². The van der Waals surface area contributed by atoms with Gasteiger partial charge < -0.3 is 15.2 Å². The topological polar surface area (TPSA) is 76.4 Å². The van der Waals surface area contributed by atoms with E-state index in [4.69, 9.17) is 4.74 Å². The zero-order chi connectivity index (χ0) is 19.2. The fourth-order valence-corrected chi connectivity index (χ4v) is 2.87. The Labute approximate surface area is 158 Å². The number of carbonyl (C=O) groups is 1. The number of amides is 1. The van der Waals surface area contributed by atoms with E-state index in [9.17, 15) is 9.90 Å². The molecule has 2 N–H and O–H groups in total. The van der Waals surface area contributed by atoms with Gasteiger partial charge in [0.25, 0.3) is 5.91 Å². The summed E-state index contributed by atoms with van der Waals surface area (Å²) in [5.41, 5.74) is 4.07. The number of para-hydroxylation sites is 1. The summed E-state index contributed by atoms with van der Waals surface area (Å²) in [4.78, 5) is 12.2. The third kappa shape index (κ3) is 4.81. The number of benzene rings is 2. The Morgan fingerprint density at radius 2 is 1.74 bits per heavy atom. The van der Waals surface area contributed by atoms with Crippen molar-refractivity contribution in [2.45, 2.75) is 26.6 Å². The number of hydrogen-bond donors (Lipinski definition) is 2. The number of aliphatic hydroxyl groups excluding tert-OH is 1. The molecule has 0 bridgehead atoms. The molecular weight excluding hydrogens is 342 g/mol. The summed E-state index contributed by atoms with van der Waals surface area (Å²) in [6.07, 6.45) is -0.703. The summed E-state index contributed by atoms with van der Waals surface area (Å²) in [5, 5.41) is 17.3. The summed E-state index contributed by atoms with van der Waals surface area (Å²) in [6, 6.07) is 19.2. The van der Waals surface area contributed by atoms with Crippen molar-refractivity contribution in [1.29, 1.82) is 0 Å². The van der Waals surface area contributed by atoms with E-state index in [1.807, 2.05) is 74.5 Å². The standard InChI is InChI=1S/C21H23N3O3/c1-15-21(16(2)24(23-15)18-11-7-4-8-12-18)22-19(25)14-27-20(26)13-17-9-5-3-6-10-17/h3-12,20,26H,13-14H2,1-2H3,(H,22,25). The molecule has 0 saturated heterocycles. The van der Waals surface area contributed by atoms with Crippen molar-refractivity contribution in [2.24, 2.45) is 0 Å². The van der Waals surface area contributed by atoms with Crippen molar-refractivity contribution in [2.75, 3.05) is 11.9 Å². The molecule has 1 unspecified atom stereocenters. The van der Waals surface area contributed by atoms with Crippen molar-refractivity contribution in [3.63, 3.8) is 0 Å². The van der Waals surface area contributed by atoms with Gasteiger partial charge in [0.15, 0.2) is 6.29 Å². The smallest absolute Gasteiger partial charge is 0.250 e. The van der Waals surface area contributed by atoms with Gasteiger partial charge in [-0.25, -0.2) is 4.68 Å². The van der Waals surface area contributed by atoms with Crippen LogP contribution < -0.4 is 5.32 Å². The van der Waals surface area contributed by atoms with E-state index < -0.39 is 6.29 Å². The lowest BCUT2D eigenvalue weighted by atomic mass is 10.1. The van der Waals surface area contributed by atoms with Crippen molar-refractivity contribution in [3.05, 3.63) is 77.6 Å². The number of nitrogens with one attached hydrogen (secondary N) is 1. The van der Waals surface area contributed by atoms with E-state index >= 15 is 0 Å². The van der Waals surface area contributed by atoms with E-state index in [-0.39, 0.29) is 12.5 Å². The summed E-state index contributed by atoms with van der Waals surface area (Å²) in [7, 11) is 0. The van der Waals surface area contributed by atoms with Gasteiger partial charge in [-0.05, 0) is 31.5 Å². The maximum absolute atomic E-state index is 12.2. The molecule has 0 aliphatic heterocycles. The molecule has 27 heavy (non-hydrogen) atoms. The second-order valence-corrected chi connectivity index (χ2v) is 6.30. The fraction of sp³-hybridized carbons (Fsp3) is 0.238. The SMILES string of the molecule is Cc1nn(-c2ccccc2)c(C)c1NC(=O)COC(O)Cc1ccccc1. The predicted octanol–water partition coefficient (Wildman–Crippen LogP) is 3.01. The van der Waals surface area contributed by atoms with E-state index in [1.165, 1.54) is 0 Å². The van der Waals surface area contributed by atoms with Crippen LogP contribution in [0.2, 0.25) is 0 Å². The third-order valence-corrected chi connectivity index (χ3v) is 4.22. The molecule has 1 atom stereocenters.